The maximum Gasteiger partial charge on any atom is 0.270 e. The largest absolute Gasteiger partial charge is 0.354 e. The third-order valence-electron chi connectivity index (χ3n) is 5.53. The molecule has 25 heavy (non-hydrogen) atoms. The molecule has 0 saturated carbocycles. The fraction of sp³-hybridized carbons (Fsp3) is 0.400. The number of nitrogens with zero attached hydrogens (tertiary/aromatic N) is 1. The van der Waals surface area contributed by atoms with Gasteiger partial charge in [0.25, 0.3) is 5.91 Å². The van der Waals surface area contributed by atoms with E-state index in [1.807, 2.05) is 30.0 Å². The minimum Gasteiger partial charge on any atom is -0.354 e. The number of benzene rings is 1. The quantitative estimate of drug-likeness (QED) is 0.883. The van der Waals surface area contributed by atoms with Crippen LogP contribution in [0.1, 0.15) is 56.4 Å². The molecule has 0 radical (unpaired) electrons. The zero-order chi connectivity index (χ0) is 17.6. The molecule has 2 aromatic rings. The van der Waals surface area contributed by atoms with Gasteiger partial charge in [-0.25, -0.2) is 0 Å². The van der Waals surface area contributed by atoms with Gasteiger partial charge in [0.1, 0.15) is 5.69 Å². The Hall–Kier alpha value is -2.40. The summed E-state index contributed by atoms with van der Waals surface area (Å²) in [4.78, 5) is 30.3. The Morgan fingerprint density at radius 2 is 1.96 bits per heavy atom. The van der Waals surface area contributed by atoms with E-state index in [9.17, 15) is 9.59 Å². The molecule has 1 aliphatic heterocycles. The van der Waals surface area contributed by atoms with E-state index in [0.717, 1.165) is 29.7 Å². The third kappa shape index (κ3) is 2.68. The molecule has 5 nitrogen and oxygen atoms in total. The average molecular weight is 337 g/mol. The second-order valence-electron chi connectivity index (χ2n) is 7.15. The Morgan fingerprint density at radius 3 is 2.68 bits per heavy atom. The maximum absolute atomic E-state index is 13.0. The number of amides is 1. The van der Waals surface area contributed by atoms with Gasteiger partial charge >= 0.3 is 0 Å². The number of H-pyrrole nitrogens is 1. The molecule has 4 rings (SSSR count). The predicted molar refractivity (Wildman–Crippen MR) is 95.9 cm³/mol. The molecular weight excluding hydrogens is 314 g/mol. The Labute approximate surface area is 147 Å². The first-order valence-electron chi connectivity index (χ1n) is 8.90. The molecule has 0 unspecified atom stereocenters. The van der Waals surface area contributed by atoms with Gasteiger partial charge in [0.15, 0.2) is 5.78 Å². The number of nitrogens with one attached hydrogen (secondary N) is 1. The molecule has 1 amide bonds. The number of carbonyl (C=O) groups is 2. The molecule has 1 aliphatic carbocycles. The van der Waals surface area contributed by atoms with E-state index < -0.39 is 0 Å². The Kier molecular flexibility index (Phi) is 3.96. The first-order valence-corrected chi connectivity index (χ1v) is 8.90. The SMILES string of the molecule is Cc1c(C(=O)N2C[C@@H](N)[C@H](c3ccccc3)C2)[nH]c2c1C(=O)CCC2. The van der Waals surface area contributed by atoms with Crippen LogP contribution in [0.2, 0.25) is 0 Å². The summed E-state index contributed by atoms with van der Waals surface area (Å²) in [6.07, 6.45) is 2.26. The molecule has 5 heteroatoms. The lowest BCUT2D eigenvalue weighted by molar-refractivity contribution is 0.0783. The lowest BCUT2D eigenvalue weighted by Crippen LogP contribution is -2.32. The number of nitrogens with two attached hydrogens (primary N) is 1. The van der Waals surface area contributed by atoms with Crippen molar-refractivity contribution in [1.82, 2.24) is 9.88 Å². The minimum atomic E-state index is -0.0714. The van der Waals surface area contributed by atoms with E-state index in [4.69, 9.17) is 5.73 Å². The van der Waals surface area contributed by atoms with Crippen molar-refractivity contribution in [3.05, 3.63) is 58.4 Å². The van der Waals surface area contributed by atoms with Crippen molar-refractivity contribution in [1.29, 1.82) is 0 Å². The van der Waals surface area contributed by atoms with Gasteiger partial charge in [0.05, 0.1) is 0 Å². The third-order valence-corrected chi connectivity index (χ3v) is 5.53. The summed E-state index contributed by atoms with van der Waals surface area (Å²) in [6, 6.07) is 10.0. The van der Waals surface area contributed by atoms with Crippen LogP contribution in [0.15, 0.2) is 30.3 Å². The summed E-state index contributed by atoms with van der Waals surface area (Å²) in [5, 5.41) is 0. The summed E-state index contributed by atoms with van der Waals surface area (Å²) < 4.78 is 0. The molecule has 2 aliphatic rings. The number of aromatic nitrogens is 1. The van der Waals surface area contributed by atoms with Crippen molar-refractivity contribution in [2.75, 3.05) is 13.1 Å². The van der Waals surface area contributed by atoms with Crippen LogP contribution in [0.25, 0.3) is 0 Å². The monoisotopic (exact) mass is 337 g/mol. The zero-order valence-corrected chi connectivity index (χ0v) is 14.4. The van der Waals surface area contributed by atoms with Crippen LogP contribution in [-0.4, -0.2) is 40.7 Å². The molecule has 1 aromatic heterocycles. The van der Waals surface area contributed by atoms with Crippen LogP contribution in [-0.2, 0) is 6.42 Å². The van der Waals surface area contributed by atoms with E-state index in [1.165, 1.54) is 5.56 Å². The summed E-state index contributed by atoms with van der Waals surface area (Å²) in [5.74, 6) is 0.250. The fourth-order valence-corrected chi connectivity index (χ4v) is 4.19. The van der Waals surface area contributed by atoms with E-state index in [-0.39, 0.29) is 23.7 Å². The highest BCUT2D eigenvalue weighted by atomic mass is 16.2. The van der Waals surface area contributed by atoms with Crippen LogP contribution in [0.3, 0.4) is 0 Å². The van der Waals surface area contributed by atoms with Gasteiger partial charge in [-0.3, -0.25) is 9.59 Å². The van der Waals surface area contributed by atoms with Gasteiger partial charge in [-0.15, -0.1) is 0 Å². The molecular formula is C20H23N3O2. The van der Waals surface area contributed by atoms with E-state index >= 15 is 0 Å². The highest BCUT2D eigenvalue weighted by Crippen LogP contribution is 2.30. The second-order valence-corrected chi connectivity index (χ2v) is 7.15. The van der Waals surface area contributed by atoms with Crippen molar-refractivity contribution in [3.63, 3.8) is 0 Å². The molecule has 1 fully saturated rings. The van der Waals surface area contributed by atoms with Crippen molar-refractivity contribution in [2.24, 2.45) is 5.73 Å². The lowest BCUT2D eigenvalue weighted by atomic mass is 9.93. The standard InChI is InChI=1S/C20H23N3O2/c1-12-18-16(8-5-9-17(18)24)22-19(12)20(25)23-10-14(15(21)11-23)13-6-3-2-4-7-13/h2-4,6-7,14-15,22H,5,8-11,21H2,1H3/t14-,15+/m0/s1. The Bertz CT molecular complexity index is 825. The Balaban J connectivity index is 1.59. The van der Waals surface area contributed by atoms with Crippen molar-refractivity contribution in [2.45, 2.75) is 38.1 Å². The molecule has 2 heterocycles. The van der Waals surface area contributed by atoms with Crippen molar-refractivity contribution in [3.8, 4) is 0 Å². The zero-order valence-electron chi connectivity index (χ0n) is 14.4. The molecule has 0 bridgehead atoms. The number of fused-ring (bicyclic) bond motifs is 1. The first kappa shape index (κ1) is 16.1. The molecule has 3 N–H and O–H groups in total. The lowest BCUT2D eigenvalue weighted by Gasteiger charge is -2.16. The van der Waals surface area contributed by atoms with Crippen LogP contribution < -0.4 is 5.73 Å². The molecule has 0 spiro atoms. The second kappa shape index (κ2) is 6.15. The molecule has 1 saturated heterocycles. The minimum absolute atomic E-state index is 0.0476. The van der Waals surface area contributed by atoms with Gasteiger partial charge in [-0.1, -0.05) is 30.3 Å². The van der Waals surface area contributed by atoms with Gasteiger partial charge in [0, 0.05) is 42.7 Å². The number of hydrogen-bond acceptors (Lipinski definition) is 3. The number of carbonyl (C=O) groups excluding carboxylic acids is 2. The van der Waals surface area contributed by atoms with Crippen molar-refractivity contribution >= 4 is 11.7 Å². The number of Topliss-reactive ketones (excluding diaryl/α,β-unsaturated/α-hetero) is 1. The number of aromatic amines is 1. The highest BCUT2D eigenvalue weighted by Gasteiger charge is 2.36. The van der Waals surface area contributed by atoms with Crippen LogP contribution in [0, 0.1) is 6.92 Å². The molecule has 2 atom stereocenters. The number of rotatable bonds is 2. The van der Waals surface area contributed by atoms with E-state index in [0.29, 0.717) is 25.2 Å². The summed E-state index contributed by atoms with van der Waals surface area (Å²) in [7, 11) is 0. The fourth-order valence-electron chi connectivity index (χ4n) is 4.19. The normalized spacial score (nSPS) is 23.0. The molecule has 1 aromatic carbocycles. The highest BCUT2D eigenvalue weighted by molar-refractivity contribution is 6.04. The van der Waals surface area contributed by atoms with Gasteiger partial charge in [0.2, 0.25) is 0 Å². The summed E-state index contributed by atoms with van der Waals surface area (Å²) >= 11 is 0. The van der Waals surface area contributed by atoms with Gasteiger partial charge < -0.3 is 15.6 Å². The Morgan fingerprint density at radius 1 is 1.20 bits per heavy atom. The summed E-state index contributed by atoms with van der Waals surface area (Å²) in [6.45, 7) is 3.02. The predicted octanol–water partition coefficient (Wildman–Crippen LogP) is 2.41. The molecule has 130 valence electrons. The smallest absolute Gasteiger partial charge is 0.270 e. The number of hydrogen-bond donors (Lipinski definition) is 2. The number of aryl methyl sites for hydroxylation is 1. The summed E-state index contributed by atoms with van der Waals surface area (Å²) in [5.41, 5.74) is 10.5. The van der Waals surface area contributed by atoms with E-state index in [1.54, 1.807) is 0 Å². The average Bonchev–Trinajstić information content (AvgIpc) is 3.17. The van der Waals surface area contributed by atoms with Crippen LogP contribution >= 0.6 is 0 Å². The first-order chi connectivity index (χ1) is 12.1. The van der Waals surface area contributed by atoms with Gasteiger partial charge in [-0.05, 0) is 30.9 Å². The maximum atomic E-state index is 13.0. The van der Waals surface area contributed by atoms with E-state index in [2.05, 4.69) is 17.1 Å². The van der Waals surface area contributed by atoms with Gasteiger partial charge in [-0.2, -0.15) is 0 Å². The van der Waals surface area contributed by atoms with Crippen LogP contribution in [0.4, 0.5) is 0 Å². The number of ketones is 1. The van der Waals surface area contributed by atoms with Crippen LogP contribution in [0.5, 0.6) is 0 Å². The number of likely N-dealkylation sites (tertiary alicyclic amines) is 1. The van der Waals surface area contributed by atoms with Crippen molar-refractivity contribution < 1.29 is 9.59 Å². The topological polar surface area (TPSA) is 79.2 Å².